The SMILES string of the molecule is Cc1ccc(-c2oc3ccc(Cl)cc3c(=O)c2OCC(=O)Nc2ccc(Br)cc2)cc1. The summed E-state index contributed by atoms with van der Waals surface area (Å²) in [6.45, 7) is 1.61. The quantitative estimate of drug-likeness (QED) is 0.356. The zero-order valence-electron chi connectivity index (χ0n) is 16.4. The maximum Gasteiger partial charge on any atom is 0.262 e. The zero-order chi connectivity index (χ0) is 22.0. The second-order valence-corrected chi connectivity index (χ2v) is 8.29. The highest BCUT2D eigenvalue weighted by Crippen LogP contribution is 2.32. The Kier molecular flexibility index (Phi) is 6.11. The van der Waals surface area contributed by atoms with Gasteiger partial charge in [-0.3, -0.25) is 9.59 Å². The topological polar surface area (TPSA) is 68.5 Å². The van der Waals surface area contributed by atoms with E-state index in [1.54, 1.807) is 24.3 Å². The van der Waals surface area contributed by atoms with E-state index in [0.717, 1.165) is 10.0 Å². The molecule has 4 aromatic rings. The van der Waals surface area contributed by atoms with E-state index in [1.807, 2.05) is 43.3 Å². The van der Waals surface area contributed by atoms with Crippen LogP contribution in [0.3, 0.4) is 0 Å². The van der Waals surface area contributed by atoms with Gasteiger partial charge < -0.3 is 14.5 Å². The standard InChI is InChI=1S/C24H17BrClNO4/c1-14-2-4-15(5-3-14)23-24(22(29)19-12-17(26)8-11-20(19)31-23)30-13-21(28)27-18-9-6-16(25)7-10-18/h2-12H,13H2,1H3,(H,27,28). The fourth-order valence-corrected chi connectivity index (χ4v) is 3.48. The lowest BCUT2D eigenvalue weighted by molar-refractivity contribution is -0.118. The van der Waals surface area contributed by atoms with Crippen molar-refractivity contribution in [2.24, 2.45) is 0 Å². The molecule has 7 heteroatoms. The van der Waals surface area contributed by atoms with Gasteiger partial charge in [0.25, 0.3) is 5.91 Å². The van der Waals surface area contributed by atoms with E-state index >= 15 is 0 Å². The molecule has 0 aliphatic carbocycles. The second kappa shape index (κ2) is 8.96. The number of ether oxygens (including phenoxy) is 1. The Morgan fingerprint density at radius 2 is 1.77 bits per heavy atom. The smallest absolute Gasteiger partial charge is 0.262 e. The molecule has 0 saturated heterocycles. The number of hydrogen-bond acceptors (Lipinski definition) is 4. The van der Waals surface area contributed by atoms with E-state index in [1.165, 1.54) is 6.07 Å². The summed E-state index contributed by atoms with van der Waals surface area (Å²) >= 11 is 9.41. The van der Waals surface area contributed by atoms with Crippen molar-refractivity contribution in [2.75, 3.05) is 11.9 Å². The van der Waals surface area contributed by atoms with Gasteiger partial charge in [0.15, 0.2) is 12.4 Å². The number of amides is 1. The Labute approximate surface area is 191 Å². The molecule has 1 aromatic heterocycles. The van der Waals surface area contributed by atoms with Crippen molar-refractivity contribution in [3.63, 3.8) is 0 Å². The van der Waals surface area contributed by atoms with Crippen molar-refractivity contribution >= 4 is 50.1 Å². The number of anilines is 1. The highest BCUT2D eigenvalue weighted by molar-refractivity contribution is 9.10. The van der Waals surface area contributed by atoms with Crippen LogP contribution >= 0.6 is 27.5 Å². The Morgan fingerprint density at radius 3 is 2.48 bits per heavy atom. The molecule has 4 rings (SSSR count). The summed E-state index contributed by atoms with van der Waals surface area (Å²) in [6, 6.07) is 19.4. The molecule has 1 amide bonds. The lowest BCUT2D eigenvalue weighted by atomic mass is 10.1. The van der Waals surface area contributed by atoms with E-state index in [2.05, 4.69) is 21.2 Å². The van der Waals surface area contributed by atoms with Crippen molar-refractivity contribution in [1.29, 1.82) is 0 Å². The lowest BCUT2D eigenvalue weighted by Gasteiger charge is -2.12. The molecule has 5 nitrogen and oxygen atoms in total. The number of rotatable bonds is 5. The highest BCUT2D eigenvalue weighted by Gasteiger charge is 2.19. The van der Waals surface area contributed by atoms with Crippen LogP contribution in [0.5, 0.6) is 5.75 Å². The molecule has 0 atom stereocenters. The van der Waals surface area contributed by atoms with Gasteiger partial charge in [-0.1, -0.05) is 57.4 Å². The van der Waals surface area contributed by atoms with Crippen LogP contribution in [-0.4, -0.2) is 12.5 Å². The van der Waals surface area contributed by atoms with Gasteiger partial charge >= 0.3 is 0 Å². The molecule has 0 unspecified atom stereocenters. The van der Waals surface area contributed by atoms with Crippen molar-refractivity contribution < 1.29 is 13.9 Å². The van der Waals surface area contributed by atoms with Crippen LogP contribution in [-0.2, 0) is 4.79 Å². The van der Waals surface area contributed by atoms with Crippen LogP contribution in [0, 0.1) is 6.92 Å². The molecule has 156 valence electrons. The van der Waals surface area contributed by atoms with Crippen LogP contribution in [0.25, 0.3) is 22.3 Å². The summed E-state index contributed by atoms with van der Waals surface area (Å²) in [4.78, 5) is 25.6. The fraction of sp³-hybridized carbons (Fsp3) is 0.0833. The zero-order valence-corrected chi connectivity index (χ0v) is 18.8. The van der Waals surface area contributed by atoms with Crippen LogP contribution in [0.2, 0.25) is 5.02 Å². The van der Waals surface area contributed by atoms with Crippen molar-refractivity contribution in [3.05, 3.63) is 92.0 Å². The predicted molar refractivity (Wildman–Crippen MR) is 126 cm³/mol. The maximum absolute atomic E-state index is 13.2. The monoisotopic (exact) mass is 497 g/mol. The summed E-state index contributed by atoms with van der Waals surface area (Å²) < 4.78 is 12.6. The summed E-state index contributed by atoms with van der Waals surface area (Å²) in [5.41, 5.74) is 2.35. The minimum atomic E-state index is -0.400. The number of aryl methyl sites for hydroxylation is 1. The normalized spacial score (nSPS) is 10.8. The Morgan fingerprint density at radius 1 is 1.06 bits per heavy atom. The lowest BCUT2D eigenvalue weighted by Crippen LogP contribution is -2.22. The third-order valence-electron chi connectivity index (χ3n) is 4.60. The molecule has 1 heterocycles. The van der Waals surface area contributed by atoms with Crippen molar-refractivity contribution in [2.45, 2.75) is 6.92 Å². The average molecular weight is 499 g/mol. The predicted octanol–water partition coefficient (Wildman–Crippen LogP) is 6.20. The van der Waals surface area contributed by atoms with Crippen LogP contribution < -0.4 is 15.5 Å². The molecule has 1 N–H and O–H groups in total. The molecule has 0 fully saturated rings. The second-order valence-electron chi connectivity index (χ2n) is 6.94. The number of benzene rings is 3. The first-order valence-corrected chi connectivity index (χ1v) is 10.6. The molecule has 0 saturated carbocycles. The molecular weight excluding hydrogens is 482 g/mol. The number of fused-ring (bicyclic) bond motifs is 1. The van der Waals surface area contributed by atoms with E-state index in [-0.39, 0.29) is 23.5 Å². The van der Waals surface area contributed by atoms with Crippen LogP contribution in [0.15, 0.2) is 80.4 Å². The largest absolute Gasteiger partial charge is 0.476 e. The van der Waals surface area contributed by atoms with Gasteiger partial charge in [-0.25, -0.2) is 0 Å². The number of carbonyl (C=O) groups excluding carboxylic acids is 1. The van der Waals surface area contributed by atoms with Gasteiger partial charge in [-0.15, -0.1) is 0 Å². The van der Waals surface area contributed by atoms with Crippen LogP contribution in [0.4, 0.5) is 5.69 Å². The summed E-state index contributed by atoms with van der Waals surface area (Å²) in [5, 5.41) is 3.42. The Balaban J connectivity index is 1.69. The van der Waals surface area contributed by atoms with E-state index in [0.29, 0.717) is 21.9 Å². The summed E-state index contributed by atoms with van der Waals surface area (Å²) in [5.74, 6) is -0.177. The molecule has 0 bridgehead atoms. The Bertz CT molecular complexity index is 1310. The fourth-order valence-electron chi connectivity index (χ4n) is 3.04. The van der Waals surface area contributed by atoms with Crippen LogP contribution in [0.1, 0.15) is 5.56 Å². The highest BCUT2D eigenvalue weighted by atomic mass is 79.9. The minimum absolute atomic E-state index is 0.0374. The number of carbonyl (C=O) groups is 1. The molecule has 0 radical (unpaired) electrons. The third kappa shape index (κ3) is 4.81. The first-order chi connectivity index (χ1) is 14.9. The first kappa shape index (κ1) is 21.2. The first-order valence-electron chi connectivity index (χ1n) is 9.42. The average Bonchev–Trinajstić information content (AvgIpc) is 2.75. The molecule has 31 heavy (non-hydrogen) atoms. The van der Waals surface area contributed by atoms with E-state index in [9.17, 15) is 9.59 Å². The van der Waals surface area contributed by atoms with Gasteiger partial charge in [-0.2, -0.15) is 0 Å². The summed E-state index contributed by atoms with van der Waals surface area (Å²) in [7, 11) is 0. The molecule has 0 aliphatic rings. The summed E-state index contributed by atoms with van der Waals surface area (Å²) in [6.07, 6.45) is 0. The molecule has 0 aliphatic heterocycles. The van der Waals surface area contributed by atoms with Gasteiger partial charge in [0.05, 0.1) is 5.39 Å². The molecular formula is C24H17BrClNO4. The van der Waals surface area contributed by atoms with Crippen molar-refractivity contribution in [3.8, 4) is 17.1 Å². The Hall–Kier alpha value is -3.09. The van der Waals surface area contributed by atoms with E-state index < -0.39 is 11.3 Å². The number of halogens is 2. The number of hydrogen-bond donors (Lipinski definition) is 1. The molecule has 0 spiro atoms. The van der Waals surface area contributed by atoms with E-state index in [4.69, 9.17) is 20.8 Å². The van der Waals surface area contributed by atoms with Gasteiger partial charge in [0.1, 0.15) is 5.58 Å². The van der Waals surface area contributed by atoms with Gasteiger partial charge in [-0.05, 0) is 49.4 Å². The third-order valence-corrected chi connectivity index (χ3v) is 5.36. The number of nitrogens with one attached hydrogen (secondary N) is 1. The van der Waals surface area contributed by atoms with Crippen molar-refractivity contribution in [1.82, 2.24) is 0 Å². The molecule has 3 aromatic carbocycles. The maximum atomic E-state index is 13.2. The van der Waals surface area contributed by atoms with Gasteiger partial charge in [0.2, 0.25) is 11.2 Å². The minimum Gasteiger partial charge on any atom is -0.476 e. The van der Waals surface area contributed by atoms with Gasteiger partial charge in [0, 0.05) is 20.7 Å².